The Hall–Kier alpha value is -2.29. The second-order valence-electron chi connectivity index (χ2n) is 5.80. The number of hydrogen-bond acceptors (Lipinski definition) is 4. The maximum absolute atomic E-state index is 12.3. The molecule has 1 aliphatic carbocycles. The Morgan fingerprint density at radius 2 is 2.13 bits per heavy atom. The number of ether oxygens (including phenoxy) is 1. The molecule has 0 aromatic carbocycles. The van der Waals surface area contributed by atoms with Crippen LogP contribution in [-0.2, 0) is 6.54 Å². The molecule has 6 nitrogen and oxygen atoms in total. The fourth-order valence-electron chi connectivity index (χ4n) is 3.05. The molecule has 2 heterocycles. The first-order valence-electron chi connectivity index (χ1n) is 8.22. The third kappa shape index (κ3) is 3.09. The summed E-state index contributed by atoms with van der Waals surface area (Å²) in [6.07, 6.45) is 5.50. The summed E-state index contributed by atoms with van der Waals surface area (Å²) in [5.74, 6) is 7.33. The van der Waals surface area contributed by atoms with Crippen LogP contribution in [0.4, 0.5) is 11.5 Å². The molecule has 0 N–H and O–H groups in total. The molecule has 1 aromatic rings. The molecular formula is C17H21N4O2. The van der Waals surface area contributed by atoms with Crippen molar-refractivity contribution in [2.45, 2.75) is 52.5 Å². The Bertz CT molecular complexity index is 733. The van der Waals surface area contributed by atoms with Crippen molar-refractivity contribution in [1.29, 1.82) is 0 Å². The van der Waals surface area contributed by atoms with E-state index in [0.717, 1.165) is 25.1 Å². The summed E-state index contributed by atoms with van der Waals surface area (Å²) >= 11 is 0. The molecule has 0 amide bonds. The predicted molar refractivity (Wildman–Crippen MR) is 88.6 cm³/mol. The van der Waals surface area contributed by atoms with Crippen LogP contribution < -0.4 is 15.6 Å². The summed E-state index contributed by atoms with van der Waals surface area (Å²) < 4.78 is 7.41. The Balaban J connectivity index is 1.98. The van der Waals surface area contributed by atoms with E-state index in [1.165, 1.54) is 12.8 Å². The Labute approximate surface area is 136 Å². The lowest BCUT2D eigenvalue weighted by atomic mass is 10.1. The minimum absolute atomic E-state index is 0.210. The van der Waals surface area contributed by atoms with Gasteiger partial charge in [0.05, 0.1) is 0 Å². The Morgan fingerprint density at radius 1 is 1.35 bits per heavy atom. The van der Waals surface area contributed by atoms with E-state index in [2.05, 4.69) is 34.1 Å². The monoisotopic (exact) mass is 313 g/mol. The van der Waals surface area contributed by atoms with Crippen LogP contribution >= 0.6 is 0 Å². The highest BCUT2D eigenvalue weighted by Gasteiger charge is 2.31. The average Bonchev–Trinajstić information content (AvgIpc) is 3.20. The standard InChI is InChI=1S/C17H21N4O2/c1-3-5-11-23-17-20-16(22)13-15(21(17)10-4-2)19-14(18-13)12-8-6-7-9-12/h12H,4,6-11H2,1-2H3. The lowest BCUT2D eigenvalue weighted by molar-refractivity contribution is 0.314. The van der Waals surface area contributed by atoms with E-state index in [0.29, 0.717) is 24.0 Å². The van der Waals surface area contributed by atoms with Crippen molar-refractivity contribution >= 4 is 17.3 Å². The summed E-state index contributed by atoms with van der Waals surface area (Å²) in [5, 5.41) is 4.48. The highest BCUT2D eigenvalue weighted by atomic mass is 16.5. The number of nitrogens with zero attached hydrogens (tertiary/aromatic N) is 4. The molecule has 0 saturated heterocycles. The number of fused-ring (bicyclic) bond motifs is 1. The molecule has 0 spiro atoms. The van der Waals surface area contributed by atoms with Gasteiger partial charge in [-0.25, -0.2) is 10.3 Å². The highest BCUT2D eigenvalue weighted by Crippen LogP contribution is 2.35. The first-order valence-corrected chi connectivity index (χ1v) is 8.22. The molecule has 2 aliphatic rings. The van der Waals surface area contributed by atoms with Crippen LogP contribution in [0.3, 0.4) is 0 Å². The van der Waals surface area contributed by atoms with E-state index in [9.17, 15) is 4.79 Å². The summed E-state index contributed by atoms with van der Waals surface area (Å²) in [6, 6.07) is 0.282. The predicted octanol–water partition coefficient (Wildman–Crippen LogP) is 2.53. The maximum Gasteiger partial charge on any atom is 0.304 e. The molecule has 0 unspecified atom stereocenters. The topological polar surface area (TPSA) is 70.6 Å². The van der Waals surface area contributed by atoms with Gasteiger partial charge in [-0.05, 0) is 26.2 Å². The van der Waals surface area contributed by atoms with Crippen molar-refractivity contribution in [3.05, 3.63) is 10.4 Å². The number of aliphatic imine (C=N–C) groups is 1. The Morgan fingerprint density at radius 3 is 2.83 bits per heavy atom. The van der Waals surface area contributed by atoms with Crippen molar-refractivity contribution in [3.63, 3.8) is 0 Å². The van der Waals surface area contributed by atoms with Crippen LogP contribution in [0.15, 0.2) is 9.79 Å². The molecule has 0 atom stereocenters. The first kappa shape index (κ1) is 15.6. The zero-order chi connectivity index (χ0) is 16.2. The van der Waals surface area contributed by atoms with Gasteiger partial charge in [-0.2, -0.15) is 4.98 Å². The summed E-state index contributed by atoms with van der Waals surface area (Å²) in [7, 11) is 0. The van der Waals surface area contributed by atoms with Crippen LogP contribution in [0.5, 0.6) is 6.01 Å². The average molecular weight is 313 g/mol. The molecule has 1 aliphatic heterocycles. The smallest absolute Gasteiger partial charge is 0.304 e. The van der Waals surface area contributed by atoms with Crippen LogP contribution in [0.2, 0.25) is 0 Å². The molecular weight excluding hydrogens is 292 g/mol. The molecule has 3 rings (SSSR count). The summed E-state index contributed by atoms with van der Waals surface area (Å²) in [6.45, 7) is 4.70. The molecule has 0 bridgehead atoms. The van der Waals surface area contributed by atoms with Crippen molar-refractivity contribution in [3.8, 4) is 17.9 Å². The van der Waals surface area contributed by atoms with Gasteiger partial charge in [0.2, 0.25) is 0 Å². The molecule has 6 heteroatoms. The number of aromatic nitrogens is 2. The fraction of sp³-hybridized carbons (Fsp3) is 0.588. The third-order valence-electron chi connectivity index (χ3n) is 4.16. The number of amidine groups is 1. The second-order valence-corrected chi connectivity index (χ2v) is 5.80. The third-order valence-corrected chi connectivity index (χ3v) is 4.16. The first-order chi connectivity index (χ1) is 11.2. The zero-order valence-corrected chi connectivity index (χ0v) is 13.6. The second kappa shape index (κ2) is 6.86. The van der Waals surface area contributed by atoms with Crippen LogP contribution in [-0.4, -0.2) is 22.0 Å². The van der Waals surface area contributed by atoms with Gasteiger partial charge in [0, 0.05) is 12.5 Å². The fourth-order valence-corrected chi connectivity index (χ4v) is 3.05. The maximum atomic E-state index is 12.3. The zero-order valence-electron chi connectivity index (χ0n) is 13.6. The molecule has 23 heavy (non-hydrogen) atoms. The van der Waals surface area contributed by atoms with Gasteiger partial charge in [-0.3, -0.25) is 9.36 Å². The van der Waals surface area contributed by atoms with E-state index in [4.69, 9.17) is 4.74 Å². The van der Waals surface area contributed by atoms with E-state index in [1.807, 2.05) is 4.57 Å². The molecule has 1 aromatic heterocycles. The normalized spacial score (nSPS) is 16.3. The molecule has 121 valence electrons. The van der Waals surface area contributed by atoms with Gasteiger partial charge in [-0.15, -0.1) is 5.92 Å². The van der Waals surface area contributed by atoms with Gasteiger partial charge >= 0.3 is 11.6 Å². The lowest BCUT2D eigenvalue weighted by Gasteiger charge is -2.13. The van der Waals surface area contributed by atoms with Crippen molar-refractivity contribution < 1.29 is 4.74 Å². The van der Waals surface area contributed by atoms with Crippen LogP contribution in [0.1, 0.15) is 46.0 Å². The van der Waals surface area contributed by atoms with Crippen LogP contribution in [0.25, 0.3) is 0 Å². The number of rotatable bonds is 5. The van der Waals surface area contributed by atoms with E-state index in [-0.39, 0.29) is 18.2 Å². The minimum Gasteiger partial charge on any atom is -0.451 e. The SMILES string of the molecule is CC#CCOc1nc(=O)c2c(n1CCC)N=C(C1CCCC1)[N]2. The van der Waals surface area contributed by atoms with Gasteiger partial charge < -0.3 is 4.74 Å². The Kier molecular flexibility index (Phi) is 4.65. The summed E-state index contributed by atoms with van der Waals surface area (Å²) in [5.41, 5.74) is -0.0159. The van der Waals surface area contributed by atoms with Gasteiger partial charge in [-0.1, -0.05) is 25.7 Å². The van der Waals surface area contributed by atoms with Gasteiger partial charge in [0.25, 0.3) is 0 Å². The number of hydrogen-bond donors (Lipinski definition) is 0. The van der Waals surface area contributed by atoms with Gasteiger partial charge in [0.1, 0.15) is 5.84 Å². The lowest BCUT2D eigenvalue weighted by Crippen LogP contribution is -2.22. The van der Waals surface area contributed by atoms with Gasteiger partial charge in [0.15, 0.2) is 18.1 Å². The summed E-state index contributed by atoms with van der Waals surface area (Å²) in [4.78, 5) is 21.0. The van der Waals surface area contributed by atoms with E-state index in [1.54, 1.807) is 6.92 Å². The van der Waals surface area contributed by atoms with Crippen molar-refractivity contribution in [2.75, 3.05) is 6.61 Å². The van der Waals surface area contributed by atoms with Crippen molar-refractivity contribution in [2.24, 2.45) is 10.9 Å². The van der Waals surface area contributed by atoms with Crippen LogP contribution in [0, 0.1) is 17.8 Å². The molecule has 1 fully saturated rings. The highest BCUT2D eigenvalue weighted by molar-refractivity contribution is 5.96. The minimum atomic E-state index is -0.372. The van der Waals surface area contributed by atoms with E-state index >= 15 is 0 Å². The van der Waals surface area contributed by atoms with Crippen molar-refractivity contribution in [1.82, 2.24) is 14.9 Å². The molecule has 1 radical (unpaired) electrons. The molecule has 1 saturated carbocycles. The van der Waals surface area contributed by atoms with E-state index < -0.39 is 0 Å². The largest absolute Gasteiger partial charge is 0.451 e. The quantitative estimate of drug-likeness (QED) is 0.784.